The lowest BCUT2D eigenvalue weighted by molar-refractivity contribution is -0.118. The van der Waals surface area contributed by atoms with Gasteiger partial charge in [-0.3, -0.25) is 4.79 Å². The maximum atomic E-state index is 10.2. The van der Waals surface area contributed by atoms with Crippen molar-refractivity contribution in [2.75, 3.05) is 0 Å². The van der Waals surface area contributed by atoms with Gasteiger partial charge in [0.15, 0.2) is 0 Å². The van der Waals surface area contributed by atoms with Crippen LogP contribution >= 0.6 is 0 Å². The first kappa shape index (κ1) is 16.9. The van der Waals surface area contributed by atoms with E-state index in [1.165, 1.54) is 6.92 Å². The van der Waals surface area contributed by atoms with E-state index in [1.807, 2.05) is 34.6 Å². The Morgan fingerprint density at radius 2 is 1.55 bits per heavy atom. The summed E-state index contributed by atoms with van der Waals surface area (Å²) in [5.74, 6) is 0.0718. The summed E-state index contributed by atoms with van der Waals surface area (Å²) in [5.41, 5.74) is 5.27. The molecule has 0 aromatic carbocycles. The number of Topliss-reactive ketones (excluding diaryl/α,β-unsaturated/α-hetero) is 1. The van der Waals surface area contributed by atoms with Crippen LogP contribution < -0.4 is 5.73 Å². The van der Waals surface area contributed by atoms with Gasteiger partial charge in [0.1, 0.15) is 5.78 Å². The van der Waals surface area contributed by atoms with Gasteiger partial charge in [0.2, 0.25) is 0 Å². The Morgan fingerprint density at radius 1 is 1.27 bits per heavy atom. The topological polar surface area (TPSA) is 43.1 Å². The zero-order valence-electron chi connectivity index (χ0n) is 8.77. The molecule has 0 aliphatic rings. The maximum Gasteiger partial charge on any atom is 0.146 e. The standard InChI is InChI=1S/C5H11NO.2C2H6/c1-3-5(6)4(2)7;2*1-2/h5H,3,6H2,1-2H3;2*1-2H3. The molecule has 0 fully saturated rings. The fraction of sp³-hybridized carbons (Fsp3) is 0.889. The minimum Gasteiger partial charge on any atom is -0.322 e. The van der Waals surface area contributed by atoms with Gasteiger partial charge in [-0.05, 0) is 13.3 Å². The lowest BCUT2D eigenvalue weighted by Crippen LogP contribution is -2.26. The summed E-state index contributed by atoms with van der Waals surface area (Å²) < 4.78 is 0. The molecule has 0 saturated heterocycles. The molecule has 2 N–H and O–H groups in total. The molecular weight excluding hydrogens is 138 g/mol. The normalized spacial score (nSPS) is 9.73. The summed E-state index contributed by atoms with van der Waals surface area (Å²) in [7, 11) is 0. The molecule has 0 aliphatic heterocycles. The second kappa shape index (κ2) is 16.3. The van der Waals surface area contributed by atoms with Crippen LogP contribution in [0.25, 0.3) is 0 Å². The van der Waals surface area contributed by atoms with Crippen molar-refractivity contribution >= 4 is 5.78 Å². The quantitative estimate of drug-likeness (QED) is 0.675. The highest BCUT2D eigenvalue weighted by molar-refractivity contribution is 5.80. The summed E-state index contributed by atoms with van der Waals surface area (Å²) in [4.78, 5) is 10.2. The first-order chi connectivity index (χ1) is 5.18. The number of rotatable bonds is 2. The van der Waals surface area contributed by atoms with E-state index in [0.29, 0.717) is 0 Å². The van der Waals surface area contributed by atoms with Crippen LogP contribution in [0.4, 0.5) is 0 Å². The van der Waals surface area contributed by atoms with Gasteiger partial charge in [0.05, 0.1) is 6.04 Å². The number of nitrogens with two attached hydrogens (primary N) is 1. The average Bonchev–Trinajstić information content (AvgIpc) is 2.10. The SMILES string of the molecule is CC.CC.CCC(N)C(C)=O. The Kier molecular flexibility index (Phi) is 25.1. The highest BCUT2D eigenvalue weighted by Crippen LogP contribution is 1.84. The van der Waals surface area contributed by atoms with Crippen molar-refractivity contribution in [3.8, 4) is 0 Å². The molecule has 70 valence electrons. The number of ketones is 1. The number of hydrogen-bond donors (Lipinski definition) is 1. The minimum atomic E-state index is -0.236. The molecule has 2 heteroatoms. The van der Waals surface area contributed by atoms with Crippen LogP contribution in [0.15, 0.2) is 0 Å². The van der Waals surface area contributed by atoms with Gasteiger partial charge in [-0.25, -0.2) is 0 Å². The molecule has 1 atom stereocenters. The van der Waals surface area contributed by atoms with E-state index >= 15 is 0 Å². The van der Waals surface area contributed by atoms with Gasteiger partial charge in [-0.1, -0.05) is 34.6 Å². The Morgan fingerprint density at radius 3 is 1.55 bits per heavy atom. The predicted octanol–water partition coefficient (Wildman–Crippen LogP) is 2.37. The lowest BCUT2D eigenvalue weighted by atomic mass is 10.2. The van der Waals surface area contributed by atoms with Crippen molar-refractivity contribution < 1.29 is 4.79 Å². The van der Waals surface area contributed by atoms with Crippen LogP contribution in [0.5, 0.6) is 0 Å². The predicted molar refractivity (Wildman–Crippen MR) is 51.6 cm³/mol. The molecule has 0 amide bonds. The highest BCUT2D eigenvalue weighted by atomic mass is 16.1. The second-order valence-electron chi connectivity index (χ2n) is 1.63. The van der Waals surface area contributed by atoms with Crippen LogP contribution in [0.3, 0.4) is 0 Å². The van der Waals surface area contributed by atoms with Crippen molar-refractivity contribution in [3.05, 3.63) is 0 Å². The van der Waals surface area contributed by atoms with Crippen LogP contribution in [-0.2, 0) is 4.79 Å². The molecular formula is C9H23NO. The molecule has 0 heterocycles. The fourth-order valence-corrected chi connectivity index (χ4v) is 0.287. The molecule has 0 aromatic heterocycles. The highest BCUT2D eigenvalue weighted by Gasteiger charge is 2.01. The van der Waals surface area contributed by atoms with E-state index in [9.17, 15) is 4.79 Å². The van der Waals surface area contributed by atoms with Crippen molar-refractivity contribution in [2.45, 2.75) is 54.0 Å². The van der Waals surface area contributed by atoms with Crippen LogP contribution in [0.2, 0.25) is 0 Å². The number of carbonyl (C=O) groups excluding carboxylic acids is 1. The molecule has 0 aliphatic carbocycles. The lowest BCUT2D eigenvalue weighted by Gasteiger charge is -1.99. The molecule has 1 unspecified atom stereocenters. The molecule has 0 radical (unpaired) electrons. The van der Waals surface area contributed by atoms with Gasteiger partial charge in [-0.2, -0.15) is 0 Å². The third kappa shape index (κ3) is 17.7. The Balaban J connectivity index is -0.000000138. The molecule has 0 saturated carbocycles. The second-order valence-corrected chi connectivity index (χ2v) is 1.63. The summed E-state index contributed by atoms with van der Waals surface area (Å²) >= 11 is 0. The van der Waals surface area contributed by atoms with E-state index in [1.54, 1.807) is 0 Å². The van der Waals surface area contributed by atoms with Crippen molar-refractivity contribution in [3.63, 3.8) is 0 Å². The van der Waals surface area contributed by atoms with E-state index in [2.05, 4.69) is 0 Å². The number of hydrogen-bond acceptors (Lipinski definition) is 2. The Hall–Kier alpha value is -0.370. The zero-order valence-corrected chi connectivity index (χ0v) is 8.77. The summed E-state index contributed by atoms with van der Waals surface area (Å²) in [6, 6.07) is -0.236. The van der Waals surface area contributed by atoms with E-state index in [0.717, 1.165) is 6.42 Å². The molecule has 0 rings (SSSR count). The van der Waals surface area contributed by atoms with Crippen molar-refractivity contribution in [2.24, 2.45) is 5.73 Å². The van der Waals surface area contributed by atoms with Gasteiger partial charge in [-0.15, -0.1) is 0 Å². The molecule has 11 heavy (non-hydrogen) atoms. The first-order valence-corrected chi connectivity index (χ1v) is 4.44. The number of carbonyl (C=O) groups is 1. The zero-order chi connectivity index (χ0) is 9.86. The first-order valence-electron chi connectivity index (χ1n) is 4.44. The van der Waals surface area contributed by atoms with Crippen LogP contribution in [0.1, 0.15) is 48.0 Å². The molecule has 0 aromatic rings. The van der Waals surface area contributed by atoms with Crippen molar-refractivity contribution in [1.82, 2.24) is 0 Å². The summed E-state index contributed by atoms with van der Waals surface area (Å²) in [6.45, 7) is 11.4. The smallest absolute Gasteiger partial charge is 0.146 e. The third-order valence-electron chi connectivity index (χ3n) is 0.962. The monoisotopic (exact) mass is 161 g/mol. The van der Waals surface area contributed by atoms with Crippen LogP contribution in [0, 0.1) is 0 Å². The van der Waals surface area contributed by atoms with Crippen LogP contribution in [-0.4, -0.2) is 11.8 Å². The minimum absolute atomic E-state index is 0.0718. The van der Waals surface area contributed by atoms with E-state index < -0.39 is 0 Å². The molecule has 0 spiro atoms. The maximum absolute atomic E-state index is 10.2. The van der Waals surface area contributed by atoms with E-state index in [4.69, 9.17) is 5.73 Å². The molecule has 0 bridgehead atoms. The molecule has 2 nitrogen and oxygen atoms in total. The Labute approximate surface area is 71.2 Å². The summed E-state index contributed by atoms with van der Waals surface area (Å²) in [6.07, 6.45) is 0.745. The van der Waals surface area contributed by atoms with Gasteiger partial charge < -0.3 is 5.73 Å². The van der Waals surface area contributed by atoms with Gasteiger partial charge >= 0.3 is 0 Å². The van der Waals surface area contributed by atoms with E-state index in [-0.39, 0.29) is 11.8 Å². The Bertz CT molecular complexity index is 72.0. The van der Waals surface area contributed by atoms with Gasteiger partial charge in [0.25, 0.3) is 0 Å². The van der Waals surface area contributed by atoms with Gasteiger partial charge in [0, 0.05) is 0 Å². The van der Waals surface area contributed by atoms with Crippen molar-refractivity contribution in [1.29, 1.82) is 0 Å². The third-order valence-corrected chi connectivity index (χ3v) is 0.962. The largest absolute Gasteiger partial charge is 0.322 e. The summed E-state index contributed by atoms with van der Waals surface area (Å²) in [5, 5.41) is 0. The average molecular weight is 161 g/mol. The fourth-order valence-electron chi connectivity index (χ4n) is 0.287.